The Labute approximate surface area is 74.8 Å². The molecular weight excluding hydrogens is 148 g/mol. The van der Waals surface area contributed by atoms with E-state index in [1.165, 1.54) is 25.7 Å². The molecule has 0 amide bonds. The van der Waals surface area contributed by atoms with Gasteiger partial charge in [-0.3, -0.25) is 0 Å². The first-order chi connectivity index (χ1) is 5.90. The van der Waals surface area contributed by atoms with Crippen LogP contribution in [0.25, 0.3) is 0 Å². The molecule has 2 aliphatic carbocycles. The van der Waals surface area contributed by atoms with Crippen molar-refractivity contribution in [3.63, 3.8) is 0 Å². The van der Waals surface area contributed by atoms with Crippen LogP contribution in [0, 0.1) is 17.8 Å². The summed E-state index contributed by atoms with van der Waals surface area (Å²) in [4.78, 5) is 0. The minimum absolute atomic E-state index is 0.730. The maximum Gasteiger partial charge on any atom is 0.0644 e. The highest BCUT2D eigenvalue weighted by Crippen LogP contribution is 2.48. The van der Waals surface area contributed by atoms with Gasteiger partial charge in [0, 0.05) is 0 Å². The maximum atomic E-state index is 5.50. The predicted molar refractivity (Wildman–Crippen MR) is 50.0 cm³/mol. The molecule has 0 aliphatic heterocycles. The highest BCUT2D eigenvalue weighted by molar-refractivity contribution is 4.89. The zero-order chi connectivity index (χ0) is 8.39. The van der Waals surface area contributed by atoms with Crippen molar-refractivity contribution in [1.29, 1.82) is 0 Å². The van der Waals surface area contributed by atoms with Crippen molar-refractivity contribution >= 4 is 0 Å². The molecule has 2 fully saturated rings. The number of ether oxygens (including phenoxy) is 1. The smallest absolute Gasteiger partial charge is 0.0644 e. The highest BCUT2D eigenvalue weighted by Gasteiger charge is 2.39. The Kier molecular flexibility index (Phi) is 2.50. The van der Waals surface area contributed by atoms with E-state index in [-0.39, 0.29) is 0 Å². The van der Waals surface area contributed by atoms with E-state index in [1.54, 1.807) is 0 Å². The molecule has 0 aromatic carbocycles. The van der Waals surface area contributed by atoms with Crippen LogP contribution in [-0.2, 0) is 4.74 Å². The van der Waals surface area contributed by atoms with Gasteiger partial charge in [-0.15, -0.1) is 6.58 Å². The summed E-state index contributed by atoms with van der Waals surface area (Å²) in [6.07, 6.45) is 7.71. The predicted octanol–water partition coefficient (Wildman–Crippen LogP) is 2.63. The minimum Gasteiger partial charge on any atom is -0.377 e. The molecule has 0 heterocycles. The summed E-state index contributed by atoms with van der Waals surface area (Å²) in [5.41, 5.74) is 0. The molecule has 12 heavy (non-hydrogen) atoms. The SMILES string of the molecule is C=CCOC[C@H]1C[C@H]2CC[C@@H]1C2. The topological polar surface area (TPSA) is 9.23 Å². The Morgan fingerprint density at radius 2 is 2.25 bits per heavy atom. The van der Waals surface area contributed by atoms with Crippen LogP contribution in [-0.4, -0.2) is 13.2 Å². The number of rotatable bonds is 4. The lowest BCUT2D eigenvalue weighted by atomic mass is 9.90. The van der Waals surface area contributed by atoms with Gasteiger partial charge in [0.1, 0.15) is 0 Å². The van der Waals surface area contributed by atoms with Crippen LogP contribution >= 0.6 is 0 Å². The Balaban J connectivity index is 1.72. The van der Waals surface area contributed by atoms with Crippen LogP contribution in [0.2, 0.25) is 0 Å². The fraction of sp³-hybridized carbons (Fsp3) is 0.818. The molecule has 0 N–H and O–H groups in total. The van der Waals surface area contributed by atoms with E-state index >= 15 is 0 Å². The summed E-state index contributed by atoms with van der Waals surface area (Å²) in [6, 6.07) is 0. The summed E-state index contributed by atoms with van der Waals surface area (Å²) >= 11 is 0. The minimum atomic E-state index is 0.730. The number of hydrogen-bond acceptors (Lipinski definition) is 1. The largest absolute Gasteiger partial charge is 0.377 e. The van der Waals surface area contributed by atoms with E-state index in [9.17, 15) is 0 Å². The van der Waals surface area contributed by atoms with Gasteiger partial charge < -0.3 is 4.74 Å². The average Bonchev–Trinajstić information content (AvgIpc) is 2.65. The van der Waals surface area contributed by atoms with E-state index in [1.807, 2.05) is 6.08 Å². The summed E-state index contributed by atoms with van der Waals surface area (Å²) < 4.78 is 5.50. The maximum absolute atomic E-state index is 5.50. The molecule has 1 heteroatoms. The number of hydrogen-bond donors (Lipinski definition) is 0. The number of fused-ring (bicyclic) bond motifs is 2. The lowest BCUT2D eigenvalue weighted by Gasteiger charge is -2.20. The fourth-order valence-electron chi connectivity index (χ4n) is 2.88. The molecule has 1 nitrogen and oxygen atoms in total. The van der Waals surface area contributed by atoms with Crippen LogP contribution in [0.3, 0.4) is 0 Å². The monoisotopic (exact) mass is 166 g/mol. The zero-order valence-corrected chi connectivity index (χ0v) is 7.67. The van der Waals surface area contributed by atoms with Crippen LogP contribution in [0.15, 0.2) is 12.7 Å². The summed E-state index contributed by atoms with van der Waals surface area (Å²) in [7, 11) is 0. The molecule has 2 bridgehead atoms. The third-order valence-corrected chi connectivity index (χ3v) is 3.45. The third kappa shape index (κ3) is 1.56. The van der Waals surface area contributed by atoms with Crippen molar-refractivity contribution in [3.05, 3.63) is 12.7 Å². The van der Waals surface area contributed by atoms with Crippen molar-refractivity contribution in [2.45, 2.75) is 25.7 Å². The second-order valence-corrected chi connectivity index (χ2v) is 4.26. The van der Waals surface area contributed by atoms with Crippen LogP contribution in [0.5, 0.6) is 0 Å². The van der Waals surface area contributed by atoms with Crippen molar-refractivity contribution in [1.82, 2.24) is 0 Å². The molecule has 2 saturated carbocycles. The van der Waals surface area contributed by atoms with E-state index in [2.05, 4.69) is 6.58 Å². The van der Waals surface area contributed by atoms with Gasteiger partial charge in [0.15, 0.2) is 0 Å². The first-order valence-electron chi connectivity index (χ1n) is 5.08. The van der Waals surface area contributed by atoms with Gasteiger partial charge >= 0.3 is 0 Å². The van der Waals surface area contributed by atoms with Gasteiger partial charge in [-0.25, -0.2) is 0 Å². The second-order valence-electron chi connectivity index (χ2n) is 4.26. The molecule has 0 spiro atoms. The molecule has 0 aromatic heterocycles. The molecule has 3 atom stereocenters. The molecule has 2 aliphatic rings. The van der Waals surface area contributed by atoms with Gasteiger partial charge in [0.05, 0.1) is 13.2 Å². The van der Waals surface area contributed by atoms with Crippen LogP contribution in [0.4, 0.5) is 0 Å². The Hall–Kier alpha value is -0.300. The van der Waals surface area contributed by atoms with Gasteiger partial charge in [0.2, 0.25) is 0 Å². The van der Waals surface area contributed by atoms with Crippen molar-refractivity contribution in [2.75, 3.05) is 13.2 Å². The third-order valence-electron chi connectivity index (χ3n) is 3.45. The summed E-state index contributed by atoms with van der Waals surface area (Å²) in [5.74, 6) is 2.93. The molecule has 0 radical (unpaired) electrons. The Morgan fingerprint density at radius 1 is 1.33 bits per heavy atom. The highest BCUT2D eigenvalue weighted by atomic mass is 16.5. The summed E-state index contributed by atoms with van der Waals surface area (Å²) in [6.45, 7) is 5.36. The van der Waals surface area contributed by atoms with E-state index in [4.69, 9.17) is 4.74 Å². The van der Waals surface area contributed by atoms with Gasteiger partial charge in [-0.05, 0) is 37.0 Å². The summed E-state index contributed by atoms with van der Waals surface area (Å²) in [5, 5.41) is 0. The normalized spacial score (nSPS) is 38.8. The molecular formula is C11H18O. The van der Waals surface area contributed by atoms with Crippen molar-refractivity contribution in [3.8, 4) is 0 Å². The quantitative estimate of drug-likeness (QED) is 0.461. The molecule has 68 valence electrons. The molecule has 0 unspecified atom stereocenters. The molecule has 0 saturated heterocycles. The van der Waals surface area contributed by atoms with Gasteiger partial charge in [-0.1, -0.05) is 12.5 Å². The van der Waals surface area contributed by atoms with Crippen molar-refractivity contribution < 1.29 is 4.74 Å². The Bertz CT molecular complexity index is 164. The molecule has 2 rings (SSSR count). The average molecular weight is 166 g/mol. The van der Waals surface area contributed by atoms with E-state index in [0.29, 0.717) is 0 Å². The van der Waals surface area contributed by atoms with Crippen LogP contribution < -0.4 is 0 Å². The standard InChI is InChI=1S/C11H18O/c1-2-5-12-8-11-7-9-3-4-10(11)6-9/h2,9-11H,1,3-8H2/t9-,10+,11+/m0/s1. The van der Waals surface area contributed by atoms with Gasteiger partial charge in [-0.2, -0.15) is 0 Å². The van der Waals surface area contributed by atoms with Gasteiger partial charge in [0.25, 0.3) is 0 Å². The van der Waals surface area contributed by atoms with Crippen LogP contribution in [0.1, 0.15) is 25.7 Å². The Morgan fingerprint density at radius 3 is 2.83 bits per heavy atom. The fourth-order valence-corrected chi connectivity index (χ4v) is 2.88. The van der Waals surface area contributed by atoms with E-state index in [0.717, 1.165) is 31.0 Å². The molecule has 0 aromatic rings. The lowest BCUT2D eigenvalue weighted by molar-refractivity contribution is 0.0980. The first-order valence-corrected chi connectivity index (χ1v) is 5.08. The zero-order valence-electron chi connectivity index (χ0n) is 7.67. The first kappa shape index (κ1) is 8.31. The van der Waals surface area contributed by atoms with Crippen molar-refractivity contribution in [2.24, 2.45) is 17.8 Å². The van der Waals surface area contributed by atoms with E-state index < -0.39 is 0 Å². The lowest BCUT2D eigenvalue weighted by Crippen LogP contribution is -2.16. The second kappa shape index (κ2) is 3.61.